The number of phosphoric ester groups is 1. The van der Waals surface area contributed by atoms with Crippen LogP contribution in [0, 0.1) is 0 Å². The topological polar surface area (TPSA) is 72.4 Å². The molecule has 0 aliphatic heterocycles. The molecule has 5 heteroatoms. The second-order valence-electron chi connectivity index (χ2n) is 4.61. The lowest BCUT2D eigenvalue weighted by molar-refractivity contribution is -0.333. The molecule has 1 aromatic rings. The Hall–Kier alpha value is -0.830. The zero-order valence-electron chi connectivity index (χ0n) is 10.5. The minimum absolute atomic E-state index is 0.0927. The van der Waals surface area contributed by atoms with Gasteiger partial charge in [-0.05, 0) is 23.5 Å². The number of benzene rings is 1. The van der Waals surface area contributed by atoms with Crippen molar-refractivity contribution < 1.29 is 18.9 Å². The molecule has 0 amide bonds. The van der Waals surface area contributed by atoms with Crippen molar-refractivity contribution >= 4 is 7.82 Å². The van der Waals surface area contributed by atoms with Gasteiger partial charge in [0.2, 0.25) is 0 Å². The standard InChI is InChI=1S/C12H19O4P/c1-8(2)10-6-5-7-11(12(10)9(3)4)16-17(13,14)15/h5-9H,1-4H3,(H2,13,14,15)/p-2. The summed E-state index contributed by atoms with van der Waals surface area (Å²) in [5.41, 5.74) is 1.79. The van der Waals surface area contributed by atoms with Crippen molar-refractivity contribution in [1.82, 2.24) is 0 Å². The van der Waals surface area contributed by atoms with Gasteiger partial charge in [-0.3, -0.25) is 0 Å². The van der Waals surface area contributed by atoms with E-state index in [-0.39, 0.29) is 17.6 Å². The Balaban J connectivity index is 3.30. The maximum Gasteiger partial charge on any atom is 0.128 e. The summed E-state index contributed by atoms with van der Waals surface area (Å²) in [6, 6.07) is 5.14. The minimum Gasteiger partial charge on any atom is -0.780 e. The second kappa shape index (κ2) is 5.21. The van der Waals surface area contributed by atoms with E-state index in [0.717, 1.165) is 11.1 Å². The second-order valence-corrected chi connectivity index (χ2v) is 5.68. The Bertz CT molecular complexity index is 434. The Morgan fingerprint density at radius 1 is 1.12 bits per heavy atom. The summed E-state index contributed by atoms with van der Waals surface area (Å²) in [5.74, 6) is 0.489. The third-order valence-corrected chi connectivity index (χ3v) is 2.93. The van der Waals surface area contributed by atoms with Crippen molar-refractivity contribution in [3.05, 3.63) is 29.3 Å². The van der Waals surface area contributed by atoms with Gasteiger partial charge in [-0.2, -0.15) is 0 Å². The Kier molecular flexibility index (Phi) is 4.36. The number of hydrogen-bond donors (Lipinski definition) is 0. The van der Waals surface area contributed by atoms with E-state index in [9.17, 15) is 14.4 Å². The molecule has 0 spiro atoms. The predicted octanol–water partition coefficient (Wildman–Crippen LogP) is 2.14. The highest BCUT2D eigenvalue weighted by Crippen LogP contribution is 2.39. The van der Waals surface area contributed by atoms with Crippen molar-refractivity contribution in [2.75, 3.05) is 0 Å². The van der Waals surface area contributed by atoms with Crippen molar-refractivity contribution in [2.24, 2.45) is 0 Å². The lowest BCUT2D eigenvalue weighted by Gasteiger charge is -2.31. The third kappa shape index (κ3) is 3.84. The molecular weight excluding hydrogens is 239 g/mol. The minimum atomic E-state index is -5.00. The summed E-state index contributed by atoms with van der Waals surface area (Å²) < 4.78 is 15.2. The highest BCUT2D eigenvalue weighted by atomic mass is 31.2. The fourth-order valence-corrected chi connectivity index (χ4v) is 2.28. The van der Waals surface area contributed by atoms with Gasteiger partial charge < -0.3 is 18.9 Å². The summed E-state index contributed by atoms with van der Waals surface area (Å²) in [6.07, 6.45) is 0. The first-order valence-electron chi connectivity index (χ1n) is 5.57. The molecule has 0 aliphatic rings. The lowest BCUT2D eigenvalue weighted by atomic mass is 9.90. The Morgan fingerprint density at radius 2 is 1.71 bits per heavy atom. The average Bonchev–Trinajstić information content (AvgIpc) is 2.14. The van der Waals surface area contributed by atoms with Gasteiger partial charge in [0.15, 0.2) is 0 Å². The first-order valence-corrected chi connectivity index (χ1v) is 7.03. The molecule has 1 rings (SSSR count). The largest absolute Gasteiger partial charge is 0.780 e. The molecule has 0 atom stereocenters. The van der Waals surface area contributed by atoms with Gasteiger partial charge in [0, 0.05) is 5.56 Å². The molecule has 4 nitrogen and oxygen atoms in total. The lowest BCUT2D eigenvalue weighted by Crippen LogP contribution is -2.19. The van der Waals surface area contributed by atoms with E-state index >= 15 is 0 Å². The number of phosphoric acid groups is 1. The normalized spacial score (nSPS) is 12.2. The van der Waals surface area contributed by atoms with Crippen LogP contribution in [0.1, 0.15) is 50.7 Å². The van der Waals surface area contributed by atoms with Gasteiger partial charge in [0.1, 0.15) is 13.6 Å². The monoisotopic (exact) mass is 256 g/mol. The van der Waals surface area contributed by atoms with E-state index in [0.29, 0.717) is 0 Å². The molecule has 0 fully saturated rings. The fraction of sp³-hybridized carbons (Fsp3) is 0.500. The summed E-state index contributed by atoms with van der Waals surface area (Å²) in [5, 5.41) is 0. The van der Waals surface area contributed by atoms with E-state index in [1.165, 1.54) is 6.07 Å². The van der Waals surface area contributed by atoms with Crippen LogP contribution in [0.3, 0.4) is 0 Å². The van der Waals surface area contributed by atoms with Crippen molar-refractivity contribution in [1.29, 1.82) is 0 Å². The molecule has 1 aromatic carbocycles. The van der Waals surface area contributed by atoms with Gasteiger partial charge in [-0.25, -0.2) is 0 Å². The zero-order chi connectivity index (χ0) is 13.2. The molecule has 0 N–H and O–H groups in total. The van der Waals surface area contributed by atoms with Crippen LogP contribution in [0.4, 0.5) is 0 Å². The molecule has 0 radical (unpaired) electrons. The van der Waals surface area contributed by atoms with E-state index in [1.54, 1.807) is 6.07 Å². The van der Waals surface area contributed by atoms with Crippen LogP contribution in [-0.4, -0.2) is 0 Å². The molecule has 96 valence electrons. The van der Waals surface area contributed by atoms with Crippen molar-refractivity contribution in [2.45, 2.75) is 39.5 Å². The van der Waals surface area contributed by atoms with Crippen molar-refractivity contribution in [3.63, 3.8) is 0 Å². The molecule has 0 bridgehead atoms. The maximum atomic E-state index is 10.7. The van der Waals surface area contributed by atoms with Crippen LogP contribution in [0.2, 0.25) is 0 Å². The van der Waals surface area contributed by atoms with Crippen LogP contribution < -0.4 is 14.3 Å². The number of rotatable bonds is 4. The third-order valence-electron chi connectivity index (χ3n) is 2.51. The van der Waals surface area contributed by atoms with Crippen LogP contribution in [0.5, 0.6) is 5.75 Å². The highest BCUT2D eigenvalue weighted by molar-refractivity contribution is 7.43. The molecule has 17 heavy (non-hydrogen) atoms. The van der Waals surface area contributed by atoms with Crippen molar-refractivity contribution in [3.8, 4) is 5.75 Å². The molecule has 0 saturated carbocycles. The zero-order valence-corrected chi connectivity index (χ0v) is 11.4. The van der Waals surface area contributed by atoms with Gasteiger partial charge in [-0.15, -0.1) is 0 Å². The maximum absolute atomic E-state index is 10.7. The smallest absolute Gasteiger partial charge is 0.128 e. The highest BCUT2D eigenvalue weighted by Gasteiger charge is 2.15. The first kappa shape index (κ1) is 14.2. The summed E-state index contributed by atoms with van der Waals surface area (Å²) in [4.78, 5) is 21.4. The average molecular weight is 256 g/mol. The Morgan fingerprint density at radius 3 is 2.12 bits per heavy atom. The van der Waals surface area contributed by atoms with E-state index in [2.05, 4.69) is 4.52 Å². The first-order chi connectivity index (χ1) is 7.72. The summed E-state index contributed by atoms with van der Waals surface area (Å²) >= 11 is 0. The van der Waals surface area contributed by atoms with Gasteiger partial charge >= 0.3 is 0 Å². The molecule has 0 heterocycles. The molecule has 0 aromatic heterocycles. The van der Waals surface area contributed by atoms with Crippen LogP contribution >= 0.6 is 7.82 Å². The fourth-order valence-electron chi connectivity index (χ4n) is 1.88. The number of hydrogen-bond acceptors (Lipinski definition) is 4. The van der Waals surface area contributed by atoms with Gasteiger partial charge in [0.25, 0.3) is 0 Å². The van der Waals surface area contributed by atoms with E-state index in [1.807, 2.05) is 33.8 Å². The molecule has 0 aliphatic carbocycles. The van der Waals surface area contributed by atoms with Crippen LogP contribution in [-0.2, 0) is 4.57 Å². The van der Waals surface area contributed by atoms with E-state index < -0.39 is 7.82 Å². The molecule has 0 saturated heterocycles. The molecule has 0 unspecified atom stereocenters. The summed E-state index contributed by atoms with van der Waals surface area (Å²) in [6.45, 7) is 7.90. The quantitative estimate of drug-likeness (QED) is 0.773. The van der Waals surface area contributed by atoms with E-state index in [4.69, 9.17) is 0 Å². The Labute approximate surface area is 102 Å². The molecular formula is C12H17O4P-2. The van der Waals surface area contributed by atoms with Crippen LogP contribution in [0.15, 0.2) is 18.2 Å². The predicted molar refractivity (Wildman–Crippen MR) is 62.9 cm³/mol. The SMILES string of the molecule is CC(C)c1cccc(OP(=O)([O-])[O-])c1C(C)C. The summed E-state index contributed by atoms with van der Waals surface area (Å²) in [7, 11) is -5.00. The van der Waals surface area contributed by atoms with Gasteiger partial charge in [-0.1, -0.05) is 39.8 Å². The van der Waals surface area contributed by atoms with Gasteiger partial charge in [0.05, 0.1) is 0 Å². The van der Waals surface area contributed by atoms with Crippen LogP contribution in [0.25, 0.3) is 0 Å².